The van der Waals surface area contributed by atoms with Crippen LogP contribution in [0.15, 0.2) is 218 Å². The van der Waals surface area contributed by atoms with Gasteiger partial charge in [0.15, 0.2) is 0 Å². The Bertz CT molecular complexity index is 2850. The molecule has 1 aliphatic carbocycles. The number of hydrogen-bond donors (Lipinski definition) is 0. The zero-order valence-electron chi connectivity index (χ0n) is 30.2. The van der Waals surface area contributed by atoms with Crippen LogP contribution in [0.1, 0.15) is 44.5 Å². The molecular weight excluding hydrogens is 665 g/mol. The van der Waals surface area contributed by atoms with Gasteiger partial charge in [0.1, 0.15) is 11.5 Å². The largest absolute Gasteiger partial charge is 0.457 e. The molecule has 0 aromatic heterocycles. The van der Waals surface area contributed by atoms with Gasteiger partial charge in [0, 0.05) is 11.1 Å². The molecule has 1 unspecified atom stereocenters. The molecule has 1 aliphatic heterocycles. The van der Waals surface area contributed by atoms with E-state index in [1.54, 1.807) is 0 Å². The summed E-state index contributed by atoms with van der Waals surface area (Å²) < 4.78 is 6.98. The lowest BCUT2D eigenvalue weighted by molar-refractivity contribution is 0.434. The standard InChI is InChI=1S/C54H36O/c1-4-19-39(20-5-1)53(40-21-6-2-7-22-40)48-30-16-17-31-50(48)55-51-36-38(33-35-49(51)53)42-25-12-14-28-46(42)54(41-23-8-3-9-24-41)47-29-15-13-27-44(47)45-34-32-37-18-10-11-26-43(37)52(45)54/h1-36H. The van der Waals surface area contributed by atoms with Crippen molar-refractivity contribution in [3.8, 4) is 33.8 Å². The third kappa shape index (κ3) is 4.41. The van der Waals surface area contributed by atoms with Crippen LogP contribution in [-0.4, -0.2) is 0 Å². The van der Waals surface area contributed by atoms with Crippen molar-refractivity contribution in [2.45, 2.75) is 10.8 Å². The van der Waals surface area contributed by atoms with Crippen LogP contribution in [0.2, 0.25) is 0 Å². The molecule has 0 N–H and O–H groups in total. The van der Waals surface area contributed by atoms with Crippen molar-refractivity contribution in [3.63, 3.8) is 0 Å². The fourth-order valence-corrected chi connectivity index (χ4v) is 9.94. The number of fused-ring (bicyclic) bond motifs is 7. The van der Waals surface area contributed by atoms with Crippen LogP contribution < -0.4 is 4.74 Å². The second kappa shape index (κ2) is 12.3. The summed E-state index contributed by atoms with van der Waals surface area (Å²) in [7, 11) is 0. The van der Waals surface area contributed by atoms with Crippen LogP contribution in [-0.2, 0) is 10.8 Å². The normalized spacial score (nSPS) is 16.0. The summed E-state index contributed by atoms with van der Waals surface area (Å²) in [4.78, 5) is 0. The molecule has 0 radical (unpaired) electrons. The number of ether oxygens (including phenoxy) is 1. The SMILES string of the molecule is c1ccc(C2(c3ccccc3)c3ccccc3Oc3cc(-c4ccccc4C4(c5ccccc5)c5ccccc5-c5ccc6ccccc6c54)ccc32)cc1. The highest BCUT2D eigenvalue weighted by Crippen LogP contribution is 2.60. The Morgan fingerprint density at radius 3 is 1.51 bits per heavy atom. The monoisotopic (exact) mass is 700 g/mol. The van der Waals surface area contributed by atoms with Gasteiger partial charge in [0.05, 0.1) is 10.8 Å². The molecule has 0 saturated carbocycles. The molecule has 0 amide bonds. The van der Waals surface area contributed by atoms with Crippen LogP contribution >= 0.6 is 0 Å². The van der Waals surface area contributed by atoms with E-state index >= 15 is 0 Å². The Kier molecular flexibility index (Phi) is 7.06. The summed E-state index contributed by atoms with van der Waals surface area (Å²) in [6.45, 7) is 0. The third-order valence-corrected chi connectivity index (χ3v) is 12.1. The van der Waals surface area contributed by atoms with E-state index < -0.39 is 10.8 Å². The maximum Gasteiger partial charge on any atom is 0.132 e. The lowest BCUT2D eigenvalue weighted by Crippen LogP contribution is -2.34. The number of benzene rings is 9. The Morgan fingerprint density at radius 1 is 0.309 bits per heavy atom. The van der Waals surface area contributed by atoms with Gasteiger partial charge in [-0.05, 0) is 78.5 Å². The van der Waals surface area contributed by atoms with Crippen molar-refractivity contribution in [1.29, 1.82) is 0 Å². The Hall–Kier alpha value is -6.96. The summed E-state index contributed by atoms with van der Waals surface area (Å²) in [5.41, 5.74) is 13.5. The van der Waals surface area contributed by atoms with Gasteiger partial charge >= 0.3 is 0 Å². The summed E-state index contributed by atoms with van der Waals surface area (Å²) in [5.74, 6) is 1.74. The summed E-state index contributed by atoms with van der Waals surface area (Å²) in [6.07, 6.45) is 0. The fraction of sp³-hybridized carbons (Fsp3) is 0.0370. The zero-order chi connectivity index (χ0) is 36.4. The van der Waals surface area contributed by atoms with Gasteiger partial charge in [-0.15, -0.1) is 0 Å². The maximum atomic E-state index is 6.98. The van der Waals surface area contributed by atoms with Crippen molar-refractivity contribution in [3.05, 3.63) is 263 Å². The summed E-state index contributed by atoms with van der Waals surface area (Å²) in [5, 5.41) is 2.52. The number of para-hydroxylation sites is 1. The van der Waals surface area contributed by atoms with Crippen molar-refractivity contribution in [2.24, 2.45) is 0 Å². The van der Waals surface area contributed by atoms with Crippen molar-refractivity contribution >= 4 is 10.8 Å². The van der Waals surface area contributed by atoms with Crippen LogP contribution in [0.5, 0.6) is 11.5 Å². The van der Waals surface area contributed by atoms with Gasteiger partial charge in [-0.3, -0.25) is 0 Å². The van der Waals surface area contributed by atoms with Crippen LogP contribution in [0, 0.1) is 0 Å². The summed E-state index contributed by atoms with van der Waals surface area (Å²) >= 11 is 0. The Morgan fingerprint density at radius 2 is 0.818 bits per heavy atom. The Labute approximate surface area is 321 Å². The molecule has 0 spiro atoms. The lowest BCUT2D eigenvalue weighted by Gasteiger charge is -2.41. The molecular formula is C54H36O. The van der Waals surface area contributed by atoms with E-state index in [0.29, 0.717) is 0 Å². The van der Waals surface area contributed by atoms with Gasteiger partial charge < -0.3 is 4.74 Å². The second-order valence-corrected chi connectivity index (χ2v) is 14.7. The van der Waals surface area contributed by atoms with E-state index in [0.717, 1.165) is 28.2 Å². The van der Waals surface area contributed by atoms with Crippen molar-refractivity contribution in [2.75, 3.05) is 0 Å². The Balaban J connectivity index is 1.21. The molecule has 0 saturated heterocycles. The molecule has 1 heterocycles. The minimum Gasteiger partial charge on any atom is -0.457 e. The van der Waals surface area contributed by atoms with Gasteiger partial charge in [0.25, 0.3) is 0 Å². The van der Waals surface area contributed by atoms with E-state index in [1.165, 1.54) is 60.8 Å². The first-order valence-electron chi connectivity index (χ1n) is 19.1. The number of hydrogen-bond acceptors (Lipinski definition) is 1. The predicted octanol–water partition coefficient (Wildman–Crippen LogP) is 13.4. The molecule has 258 valence electrons. The first kappa shape index (κ1) is 31.6. The maximum absolute atomic E-state index is 6.98. The van der Waals surface area contributed by atoms with E-state index in [1.807, 2.05) is 0 Å². The number of rotatable bonds is 5. The van der Waals surface area contributed by atoms with Crippen LogP contribution in [0.3, 0.4) is 0 Å². The quantitative estimate of drug-likeness (QED) is 0.174. The molecule has 1 heteroatoms. The highest BCUT2D eigenvalue weighted by Gasteiger charge is 2.49. The lowest BCUT2D eigenvalue weighted by atomic mass is 9.63. The topological polar surface area (TPSA) is 9.23 Å². The first-order chi connectivity index (χ1) is 27.3. The van der Waals surface area contributed by atoms with Gasteiger partial charge in [-0.1, -0.05) is 206 Å². The molecule has 55 heavy (non-hydrogen) atoms. The average Bonchev–Trinajstić information content (AvgIpc) is 3.58. The molecule has 1 nitrogen and oxygen atoms in total. The molecule has 11 rings (SSSR count). The van der Waals surface area contributed by atoms with Crippen molar-refractivity contribution < 1.29 is 4.74 Å². The minimum atomic E-state index is -0.578. The van der Waals surface area contributed by atoms with Gasteiger partial charge in [-0.2, -0.15) is 0 Å². The fourth-order valence-electron chi connectivity index (χ4n) is 9.94. The van der Waals surface area contributed by atoms with Gasteiger partial charge in [-0.25, -0.2) is 0 Å². The van der Waals surface area contributed by atoms with Gasteiger partial charge in [0.2, 0.25) is 0 Å². The molecule has 9 aromatic rings. The molecule has 0 bridgehead atoms. The van der Waals surface area contributed by atoms with Crippen LogP contribution in [0.4, 0.5) is 0 Å². The van der Waals surface area contributed by atoms with E-state index in [4.69, 9.17) is 4.74 Å². The highest BCUT2D eigenvalue weighted by molar-refractivity contribution is 6.01. The highest BCUT2D eigenvalue weighted by atomic mass is 16.5. The van der Waals surface area contributed by atoms with E-state index in [2.05, 4.69) is 218 Å². The molecule has 9 aromatic carbocycles. The smallest absolute Gasteiger partial charge is 0.132 e. The van der Waals surface area contributed by atoms with E-state index in [9.17, 15) is 0 Å². The minimum absolute atomic E-state index is 0.571. The summed E-state index contributed by atoms with van der Waals surface area (Å²) in [6, 6.07) is 79.9. The van der Waals surface area contributed by atoms with Crippen LogP contribution in [0.25, 0.3) is 33.0 Å². The predicted molar refractivity (Wildman–Crippen MR) is 225 cm³/mol. The molecule has 1 atom stereocenters. The molecule has 2 aliphatic rings. The first-order valence-corrected chi connectivity index (χ1v) is 19.1. The van der Waals surface area contributed by atoms with Crippen molar-refractivity contribution in [1.82, 2.24) is 0 Å². The third-order valence-electron chi connectivity index (χ3n) is 12.1. The second-order valence-electron chi connectivity index (χ2n) is 14.7. The molecule has 0 fully saturated rings. The van der Waals surface area contributed by atoms with E-state index in [-0.39, 0.29) is 0 Å². The zero-order valence-corrected chi connectivity index (χ0v) is 30.2. The average molecular weight is 701 g/mol.